The van der Waals surface area contributed by atoms with Crippen molar-refractivity contribution in [2.75, 3.05) is 26.7 Å². The number of aliphatic imine (C=N–C) groups is 1. The van der Waals surface area contributed by atoms with Crippen LogP contribution in [0, 0.1) is 0 Å². The Morgan fingerprint density at radius 3 is 2.73 bits per heavy atom. The molecule has 2 aromatic carbocycles. The van der Waals surface area contributed by atoms with Gasteiger partial charge in [0.2, 0.25) is 0 Å². The molecular formula is C22H27N3O. The lowest BCUT2D eigenvalue weighted by atomic mass is 9.96. The van der Waals surface area contributed by atoms with Gasteiger partial charge in [-0.05, 0) is 42.0 Å². The molecule has 1 fully saturated rings. The van der Waals surface area contributed by atoms with Crippen molar-refractivity contribution in [2.24, 2.45) is 4.99 Å². The topological polar surface area (TPSA) is 45.7 Å². The predicted molar refractivity (Wildman–Crippen MR) is 106 cm³/mol. The van der Waals surface area contributed by atoms with E-state index in [-0.39, 0.29) is 0 Å². The summed E-state index contributed by atoms with van der Waals surface area (Å²) in [6, 6.07) is 17.4. The molecule has 4 rings (SSSR count). The van der Waals surface area contributed by atoms with Crippen molar-refractivity contribution in [1.82, 2.24) is 10.6 Å². The molecule has 0 amide bonds. The van der Waals surface area contributed by atoms with E-state index in [2.05, 4.69) is 64.2 Å². The van der Waals surface area contributed by atoms with Gasteiger partial charge in [-0.25, -0.2) is 0 Å². The summed E-state index contributed by atoms with van der Waals surface area (Å²) < 4.78 is 5.57. The molecule has 0 radical (unpaired) electrons. The molecule has 1 aliphatic heterocycles. The molecule has 1 saturated carbocycles. The first-order valence-corrected chi connectivity index (χ1v) is 9.54. The first-order chi connectivity index (χ1) is 12.8. The molecule has 2 aliphatic rings. The lowest BCUT2D eigenvalue weighted by Crippen LogP contribution is -2.41. The smallest absolute Gasteiger partial charge is 0.191 e. The summed E-state index contributed by atoms with van der Waals surface area (Å²) in [6.45, 7) is 2.63. The number of benzene rings is 2. The summed E-state index contributed by atoms with van der Waals surface area (Å²) in [4.78, 5) is 4.38. The molecule has 4 nitrogen and oxygen atoms in total. The Morgan fingerprint density at radius 2 is 1.96 bits per heavy atom. The molecule has 4 heteroatoms. The second-order valence-corrected chi connectivity index (χ2v) is 7.29. The molecule has 1 heterocycles. The average Bonchev–Trinajstić information content (AvgIpc) is 3.34. The Morgan fingerprint density at radius 1 is 1.12 bits per heavy atom. The molecule has 136 valence electrons. The number of hydrogen-bond acceptors (Lipinski definition) is 2. The minimum atomic E-state index is 0.291. The lowest BCUT2D eigenvalue weighted by molar-refractivity contribution is 0.357. The molecular weight excluding hydrogens is 322 g/mol. The predicted octanol–water partition coefficient (Wildman–Crippen LogP) is 3.06. The van der Waals surface area contributed by atoms with Gasteiger partial charge in [0, 0.05) is 32.0 Å². The van der Waals surface area contributed by atoms with Gasteiger partial charge < -0.3 is 15.4 Å². The van der Waals surface area contributed by atoms with Crippen molar-refractivity contribution < 1.29 is 4.74 Å². The minimum absolute atomic E-state index is 0.291. The molecule has 0 aromatic heterocycles. The van der Waals surface area contributed by atoms with Gasteiger partial charge in [0.05, 0.1) is 6.61 Å². The summed E-state index contributed by atoms with van der Waals surface area (Å²) in [6.07, 6.45) is 4.51. The van der Waals surface area contributed by atoms with E-state index in [1.54, 1.807) is 0 Å². The van der Waals surface area contributed by atoms with Crippen molar-refractivity contribution in [1.29, 1.82) is 0 Å². The van der Waals surface area contributed by atoms with Gasteiger partial charge in [0.1, 0.15) is 5.75 Å². The van der Waals surface area contributed by atoms with Crippen LogP contribution < -0.4 is 15.4 Å². The third-order valence-electron chi connectivity index (χ3n) is 5.52. The van der Waals surface area contributed by atoms with Crippen LogP contribution in [0.3, 0.4) is 0 Å². The molecule has 0 bridgehead atoms. The first-order valence-electron chi connectivity index (χ1n) is 9.54. The van der Waals surface area contributed by atoms with Crippen LogP contribution in [0.4, 0.5) is 0 Å². The van der Waals surface area contributed by atoms with E-state index in [4.69, 9.17) is 4.74 Å². The first kappa shape index (κ1) is 17.0. The standard InChI is InChI=1S/C22H27N3O/c1-23-21(25-16-22(11-12-22)19-5-3-2-4-6-19)24-13-9-17-7-8-20-18(15-17)10-14-26-20/h2-8,15H,9-14,16H2,1H3,(H2,23,24,25). The zero-order chi connectivity index (χ0) is 17.8. The maximum absolute atomic E-state index is 5.57. The van der Waals surface area contributed by atoms with Gasteiger partial charge in [-0.15, -0.1) is 0 Å². The van der Waals surface area contributed by atoms with Crippen molar-refractivity contribution >= 4 is 5.96 Å². The van der Waals surface area contributed by atoms with E-state index in [9.17, 15) is 0 Å². The van der Waals surface area contributed by atoms with E-state index in [0.717, 1.165) is 44.2 Å². The van der Waals surface area contributed by atoms with Crippen LogP contribution in [0.5, 0.6) is 5.75 Å². The highest BCUT2D eigenvalue weighted by Crippen LogP contribution is 2.47. The fourth-order valence-electron chi connectivity index (χ4n) is 3.70. The molecule has 2 aromatic rings. The number of hydrogen-bond donors (Lipinski definition) is 2. The number of nitrogens with one attached hydrogen (secondary N) is 2. The monoisotopic (exact) mass is 349 g/mol. The lowest BCUT2D eigenvalue weighted by Gasteiger charge is -2.19. The van der Waals surface area contributed by atoms with E-state index in [1.807, 2.05) is 7.05 Å². The van der Waals surface area contributed by atoms with Crippen LogP contribution in [0.15, 0.2) is 53.5 Å². The summed E-state index contributed by atoms with van der Waals surface area (Å²) in [5, 5.41) is 6.96. The molecule has 0 spiro atoms. The average molecular weight is 349 g/mol. The van der Waals surface area contributed by atoms with Gasteiger partial charge in [-0.2, -0.15) is 0 Å². The maximum Gasteiger partial charge on any atom is 0.191 e. The van der Waals surface area contributed by atoms with Gasteiger partial charge in [-0.1, -0.05) is 42.5 Å². The molecule has 0 atom stereocenters. The molecule has 26 heavy (non-hydrogen) atoms. The number of ether oxygens (including phenoxy) is 1. The summed E-state index contributed by atoms with van der Waals surface area (Å²) in [5.74, 6) is 1.94. The summed E-state index contributed by atoms with van der Waals surface area (Å²) >= 11 is 0. The summed E-state index contributed by atoms with van der Waals surface area (Å²) in [5.41, 5.74) is 4.41. The zero-order valence-electron chi connectivity index (χ0n) is 15.4. The van der Waals surface area contributed by atoms with Crippen molar-refractivity contribution in [3.8, 4) is 5.75 Å². The second-order valence-electron chi connectivity index (χ2n) is 7.29. The van der Waals surface area contributed by atoms with Crippen LogP contribution in [-0.2, 0) is 18.3 Å². The molecule has 0 saturated heterocycles. The van der Waals surface area contributed by atoms with Crippen LogP contribution in [0.1, 0.15) is 29.5 Å². The zero-order valence-corrected chi connectivity index (χ0v) is 15.4. The molecule has 2 N–H and O–H groups in total. The Balaban J connectivity index is 1.26. The highest BCUT2D eigenvalue weighted by atomic mass is 16.5. The Labute approximate surface area is 155 Å². The largest absolute Gasteiger partial charge is 0.493 e. The van der Waals surface area contributed by atoms with Crippen molar-refractivity contribution in [3.63, 3.8) is 0 Å². The second kappa shape index (κ2) is 7.40. The fourth-order valence-corrected chi connectivity index (χ4v) is 3.70. The quantitative estimate of drug-likeness (QED) is 0.622. The number of guanidine groups is 1. The van der Waals surface area contributed by atoms with Gasteiger partial charge in [0.25, 0.3) is 0 Å². The van der Waals surface area contributed by atoms with Crippen molar-refractivity contribution in [3.05, 3.63) is 65.2 Å². The molecule has 1 aliphatic carbocycles. The number of nitrogens with zero attached hydrogens (tertiary/aromatic N) is 1. The van der Waals surface area contributed by atoms with Crippen LogP contribution in [-0.4, -0.2) is 32.7 Å². The third-order valence-corrected chi connectivity index (χ3v) is 5.52. The fraction of sp³-hybridized carbons (Fsp3) is 0.409. The highest BCUT2D eigenvalue weighted by molar-refractivity contribution is 5.79. The van der Waals surface area contributed by atoms with Gasteiger partial charge >= 0.3 is 0 Å². The van der Waals surface area contributed by atoms with Crippen LogP contribution in [0.25, 0.3) is 0 Å². The normalized spacial score (nSPS) is 17.3. The minimum Gasteiger partial charge on any atom is -0.493 e. The number of fused-ring (bicyclic) bond motifs is 1. The van der Waals surface area contributed by atoms with Gasteiger partial charge in [-0.3, -0.25) is 4.99 Å². The van der Waals surface area contributed by atoms with E-state index >= 15 is 0 Å². The Bertz CT molecular complexity index is 781. The molecule has 0 unspecified atom stereocenters. The van der Waals surface area contributed by atoms with Gasteiger partial charge in [0.15, 0.2) is 5.96 Å². The van der Waals surface area contributed by atoms with Crippen molar-refractivity contribution in [2.45, 2.75) is 31.1 Å². The summed E-state index contributed by atoms with van der Waals surface area (Å²) in [7, 11) is 1.84. The van der Waals surface area contributed by atoms with E-state index in [0.29, 0.717) is 5.41 Å². The third kappa shape index (κ3) is 3.69. The SMILES string of the molecule is CN=C(NCCc1ccc2c(c1)CCO2)NCC1(c2ccccc2)CC1. The van der Waals surface area contributed by atoms with E-state index in [1.165, 1.54) is 29.5 Å². The van der Waals surface area contributed by atoms with E-state index < -0.39 is 0 Å². The Hall–Kier alpha value is -2.49. The highest BCUT2D eigenvalue weighted by Gasteiger charge is 2.43. The van der Waals surface area contributed by atoms with Crippen LogP contribution >= 0.6 is 0 Å². The Kier molecular flexibility index (Phi) is 4.83. The van der Waals surface area contributed by atoms with Crippen LogP contribution in [0.2, 0.25) is 0 Å². The number of rotatable bonds is 6. The maximum atomic E-state index is 5.57.